The minimum absolute atomic E-state index is 0.139. The van der Waals surface area contributed by atoms with Crippen LogP contribution in [-0.4, -0.2) is 34.8 Å². The third-order valence-corrected chi connectivity index (χ3v) is 4.00. The van der Waals surface area contributed by atoms with Crippen LogP contribution < -0.4 is 16.2 Å². The minimum atomic E-state index is -0.139. The fraction of sp³-hybridized carbons (Fsp3) is 0.733. The highest BCUT2D eigenvalue weighted by Crippen LogP contribution is 2.30. The van der Waals surface area contributed by atoms with E-state index in [1.807, 2.05) is 6.92 Å². The van der Waals surface area contributed by atoms with Gasteiger partial charge in [-0.15, -0.1) is 0 Å². The number of nitrogens with two attached hydrogens (primary N) is 1. The number of aliphatic hydroxyl groups is 1. The van der Waals surface area contributed by atoms with Gasteiger partial charge in [-0.25, -0.2) is 15.8 Å². The van der Waals surface area contributed by atoms with Gasteiger partial charge in [0, 0.05) is 30.7 Å². The van der Waals surface area contributed by atoms with Crippen molar-refractivity contribution in [3.05, 3.63) is 11.4 Å². The molecule has 21 heavy (non-hydrogen) atoms. The van der Waals surface area contributed by atoms with E-state index < -0.39 is 0 Å². The van der Waals surface area contributed by atoms with Gasteiger partial charge in [-0.05, 0) is 25.7 Å². The summed E-state index contributed by atoms with van der Waals surface area (Å²) in [4.78, 5) is 11.6. The Kier molecular flexibility index (Phi) is 4.68. The van der Waals surface area contributed by atoms with Crippen LogP contribution in [0.4, 0.5) is 11.6 Å². The number of nitrogens with one attached hydrogen (secondary N) is 1. The summed E-state index contributed by atoms with van der Waals surface area (Å²) in [6, 6.07) is 0. The molecule has 1 unspecified atom stereocenters. The normalized spacial score (nSPS) is 19.7. The van der Waals surface area contributed by atoms with Crippen LogP contribution in [0.2, 0.25) is 0 Å². The predicted octanol–water partition coefficient (Wildman–Crippen LogP) is 1.58. The average molecular weight is 293 g/mol. The molecule has 0 amide bonds. The Morgan fingerprint density at radius 3 is 2.67 bits per heavy atom. The SMILES string of the molecule is Cc1c(NN)nc(C(C)(C)C)nc1N1CCCC(CO)C1. The van der Waals surface area contributed by atoms with Crippen molar-refractivity contribution in [1.29, 1.82) is 0 Å². The van der Waals surface area contributed by atoms with Crippen LogP contribution in [0.15, 0.2) is 0 Å². The fourth-order valence-electron chi connectivity index (χ4n) is 2.70. The molecule has 1 fully saturated rings. The van der Waals surface area contributed by atoms with Gasteiger partial charge in [0.05, 0.1) is 0 Å². The molecule has 118 valence electrons. The molecule has 2 rings (SSSR count). The number of aliphatic hydroxyl groups excluding tert-OH is 1. The molecule has 1 atom stereocenters. The van der Waals surface area contributed by atoms with E-state index in [9.17, 15) is 5.11 Å². The van der Waals surface area contributed by atoms with Crippen molar-refractivity contribution in [1.82, 2.24) is 9.97 Å². The summed E-state index contributed by atoms with van der Waals surface area (Å²) in [7, 11) is 0. The van der Waals surface area contributed by atoms with E-state index in [0.29, 0.717) is 11.7 Å². The topological polar surface area (TPSA) is 87.3 Å². The van der Waals surface area contributed by atoms with Gasteiger partial charge in [-0.2, -0.15) is 0 Å². The maximum Gasteiger partial charge on any atom is 0.148 e. The zero-order valence-electron chi connectivity index (χ0n) is 13.5. The highest BCUT2D eigenvalue weighted by molar-refractivity contribution is 5.58. The van der Waals surface area contributed by atoms with Crippen molar-refractivity contribution in [3.8, 4) is 0 Å². The lowest BCUT2D eigenvalue weighted by atomic mass is 9.95. The molecule has 0 bridgehead atoms. The zero-order valence-corrected chi connectivity index (χ0v) is 13.5. The third kappa shape index (κ3) is 3.44. The van der Waals surface area contributed by atoms with Gasteiger partial charge in [0.2, 0.25) is 0 Å². The van der Waals surface area contributed by atoms with E-state index >= 15 is 0 Å². The Balaban J connectivity index is 2.41. The van der Waals surface area contributed by atoms with Crippen LogP contribution in [0.5, 0.6) is 0 Å². The number of hydrogen-bond acceptors (Lipinski definition) is 6. The number of hydrazine groups is 1. The maximum atomic E-state index is 9.42. The molecule has 6 heteroatoms. The van der Waals surface area contributed by atoms with Gasteiger partial charge >= 0.3 is 0 Å². The lowest BCUT2D eigenvalue weighted by Gasteiger charge is -2.34. The summed E-state index contributed by atoms with van der Waals surface area (Å²) in [5.74, 6) is 8.32. The Hall–Kier alpha value is -1.40. The molecule has 1 saturated heterocycles. The molecule has 0 radical (unpaired) electrons. The van der Waals surface area contributed by atoms with Crippen LogP contribution in [-0.2, 0) is 5.41 Å². The lowest BCUT2D eigenvalue weighted by molar-refractivity contribution is 0.208. The number of nitrogens with zero attached hydrogens (tertiary/aromatic N) is 3. The number of anilines is 2. The molecular formula is C15H27N5O. The van der Waals surface area contributed by atoms with Crippen LogP contribution in [0, 0.1) is 12.8 Å². The number of rotatable bonds is 3. The van der Waals surface area contributed by atoms with Crippen molar-refractivity contribution in [2.24, 2.45) is 11.8 Å². The number of aromatic nitrogens is 2. The number of piperidine rings is 1. The first-order chi connectivity index (χ1) is 9.86. The van der Waals surface area contributed by atoms with Crippen LogP contribution >= 0.6 is 0 Å². The smallest absolute Gasteiger partial charge is 0.148 e. The van der Waals surface area contributed by atoms with Gasteiger partial charge in [0.25, 0.3) is 0 Å². The first kappa shape index (κ1) is 16.0. The molecule has 0 saturated carbocycles. The minimum Gasteiger partial charge on any atom is -0.396 e. The zero-order chi connectivity index (χ0) is 15.6. The fourth-order valence-corrected chi connectivity index (χ4v) is 2.70. The summed E-state index contributed by atoms with van der Waals surface area (Å²) in [5.41, 5.74) is 3.51. The molecule has 1 aromatic rings. The van der Waals surface area contributed by atoms with Crippen LogP contribution in [0.1, 0.15) is 45.0 Å². The van der Waals surface area contributed by atoms with E-state index in [1.54, 1.807) is 0 Å². The predicted molar refractivity (Wildman–Crippen MR) is 85.3 cm³/mol. The van der Waals surface area contributed by atoms with Crippen molar-refractivity contribution in [3.63, 3.8) is 0 Å². The summed E-state index contributed by atoms with van der Waals surface area (Å²) in [6.07, 6.45) is 2.15. The lowest BCUT2D eigenvalue weighted by Crippen LogP contribution is -2.38. The third-order valence-electron chi connectivity index (χ3n) is 4.00. The van der Waals surface area contributed by atoms with E-state index in [4.69, 9.17) is 10.8 Å². The van der Waals surface area contributed by atoms with Crippen molar-refractivity contribution >= 4 is 11.6 Å². The molecule has 1 aliphatic rings. The monoisotopic (exact) mass is 293 g/mol. The van der Waals surface area contributed by atoms with Gasteiger partial charge < -0.3 is 15.4 Å². The molecule has 4 N–H and O–H groups in total. The second-order valence-electron chi connectivity index (χ2n) is 6.88. The van der Waals surface area contributed by atoms with Crippen molar-refractivity contribution < 1.29 is 5.11 Å². The molecule has 6 nitrogen and oxygen atoms in total. The Morgan fingerprint density at radius 1 is 1.38 bits per heavy atom. The quantitative estimate of drug-likeness (QED) is 0.579. The Labute approximate surface area is 126 Å². The number of hydrogen-bond donors (Lipinski definition) is 3. The summed E-state index contributed by atoms with van der Waals surface area (Å²) in [5, 5.41) is 9.42. The standard InChI is InChI=1S/C15H27N5O/c1-10-12(19-16)17-14(15(2,3)4)18-13(10)20-7-5-6-11(8-20)9-21/h11,21H,5-9,16H2,1-4H3,(H,17,18,19). The molecule has 0 aromatic carbocycles. The van der Waals surface area contributed by atoms with E-state index in [0.717, 1.165) is 43.1 Å². The van der Waals surface area contributed by atoms with Crippen molar-refractivity contribution in [2.75, 3.05) is 30.0 Å². The average Bonchev–Trinajstić information content (AvgIpc) is 2.46. The summed E-state index contributed by atoms with van der Waals surface area (Å²) >= 11 is 0. The highest BCUT2D eigenvalue weighted by Gasteiger charge is 2.26. The molecule has 2 heterocycles. The van der Waals surface area contributed by atoms with Gasteiger partial charge in [0.15, 0.2) is 0 Å². The van der Waals surface area contributed by atoms with E-state index in [2.05, 4.69) is 36.1 Å². The molecule has 1 aromatic heterocycles. The second kappa shape index (κ2) is 6.15. The molecule has 0 spiro atoms. The van der Waals surface area contributed by atoms with Crippen LogP contribution in [0.25, 0.3) is 0 Å². The highest BCUT2D eigenvalue weighted by atomic mass is 16.3. The van der Waals surface area contributed by atoms with Gasteiger partial charge in [0.1, 0.15) is 17.5 Å². The van der Waals surface area contributed by atoms with Gasteiger partial charge in [-0.3, -0.25) is 0 Å². The molecular weight excluding hydrogens is 266 g/mol. The van der Waals surface area contributed by atoms with Crippen molar-refractivity contribution in [2.45, 2.75) is 46.0 Å². The Bertz CT molecular complexity index is 498. The summed E-state index contributed by atoms with van der Waals surface area (Å²) < 4.78 is 0. The largest absolute Gasteiger partial charge is 0.396 e. The van der Waals surface area contributed by atoms with Crippen LogP contribution in [0.3, 0.4) is 0 Å². The van der Waals surface area contributed by atoms with Gasteiger partial charge in [-0.1, -0.05) is 20.8 Å². The summed E-state index contributed by atoms with van der Waals surface area (Å²) in [6.45, 7) is 10.3. The Morgan fingerprint density at radius 2 is 2.10 bits per heavy atom. The number of nitrogen functional groups attached to an aromatic ring is 1. The van der Waals surface area contributed by atoms with E-state index in [-0.39, 0.29) is 12.0 Å². The molecule has 0 aliphatic carbocycles. The van der Waals surface area contributed by atoms with E-state index in [1.165, 1.54) is 0 Å². The second-order valence-corrected chi connectivity index (χ2v) is 6.88. The first-order valence-corrected chi connectivity index (χ1v) is 7.58. The maximum absolute atomic E-state index is 9.42. The first-order valence-electron chi connectivity index (χ1n) is 7.58. The molecule has 1 aliphatic heterocycles.